The molecule has 7 heteroatoms. The molecule has 0 saturated carbocycles. The van der Waals surface area contributed by atoms with Gasteiger partial charge in [0.25, 0.3) is 0 Å². The number of nitrogens with zero attached hydrogens (tertiary/aromatic N) is 4. The van der Waals surface area contributed by atoms with Crippen molar-refractivity contribution in [1.29, 1.82) is 0 Å². The number of methoxy groups -OCH3 is 1. The van der Waals surface area contributed by atoms with Gasteiger partial charge in [0.15, 0.2) is 5.17 Å². The predicted molar refractivity (Wildman–Crippen MR) is 114 cm³/mol. The minimum absolute atomic E-state index is 0.397. The van der Waals surface area contributed by atoms with Crippen molar-refractivity contribution in [3.8, 4) is 5.88 Å². The summed E-state index contributed by atoms with van der Waals surface area (Å²) in [5, 5.41) is 2.94. The van der Waals surface area contributed by atoms with E-state index in [0.717, 1.165) is 34.4 Å². The van der Waals surface area contributed by atoms with Crippen LogP contribution in [0.1, 0.15) is 11.6 Å². The Kier molecular flexibility index (Phi) is 5.02. The van der Waals surface area contributed by atoms with Gasteiger partial charge in [-0.2, -0.15) is 0 Å². The molecule has 27 heavy (non-hydrogen) atoms. The second-order valence-corrected chi connectivity index (χ2v) is 7.80. The average molecular weight is 401 g/mol. The van der Waals surface area contributed by atoms with Crippen LogP contribution < -0.4 is 4.74 Å². The number of benzene rings is 1. The molecule has 0 radical (unpaired) electrons. The molecule has 1 aromatic carbocycles. The molecule has 5 nitrogen and oxygen atoms in total. The summed E-state index contributed by atoms with van der Waals surface area (Å²) in [6, 6.07) is 10.6. The fourth-order valence-corrected chi connectivity index (χ4v) is 4.19. The van der Waals surface area contributed by atoms with E-state index in [1.54, 1.807) is 25.1 Å². The number of amidine groups is 1. The van der Waals surface area contributed by atoms with E-state index in [-0.39, 0.29) is 0 Å². The molecule has 1 saturated heterocycles. The Hall–Kier alpha value is -2.18. The molecule has 1 aliphatic rings. The highest BCUT2D eigenvalue weighted by Gasteiger charge is 2.31. The number of fused-ring (bicyclic) bond motifs is 1. The summed E-state index contributed by atoms with van der Waals surface area (Å²) >= 11 is 8.10. The quantitative estimate of drug-likeness (QED) is 0.462. The number of hydrogen-bond donors (Lipinski definition) is 0. The van der Waals surface area contributed by atoms with Crippen LogP contribution in [0.15, 0.2) is 47.7 Å². The fourth-order valence-electron chi connectivity index (χ4n) is 3.33. The molecule has 0 amide bonds. The van der Waals surface area contributed by atoms with Gasteiger partial charge in [-0.05, 0) is 31.4 Å². The molecule has 2 aromatic heterocycles. The van der Waals surface area contributed by atoms with Crippen molar-refractivity contribution in [3.05, 3.63) is 53.3 Å². The Labute approximate surface area is 168 Å². The number of likely N-dealkylation sites (tertiary alicyclic amines) is 1. The minimum atomic E-state index is 0.397. The van der Waals surface area contributed by atoms with Gasteiger partial charge in [0.2, 0.25) is 5.88 Å². The van der Waals surface area contributed by atoms with Crippen LogP contribution in [0.2, 0.25) is 5.02 Å². The highest BCUT2D eigenvalue weighted by Crippen LogP contribution is 2.34. The normalized spacial score (nSPS) is 15.3. The van der Waals surface area contributed by atoms with Gasteiger partial charge in [-0.25, -0.2) is 9.98 Å². The van der Waals surface area contributed by atoms with Crippen LogP contribution in [0.5, 0.6) is 5.88 Å². The van der Waals surface area contributed by atoms with Gasteiger partial charge in [-0.1, -0.05) is 35.0 Å². The van der Waals surface area contributed by atoms with E-state index in [1.165, 1.54) is 11.1 Å². The minimum Gasteiger partial charge on any atom is -0.481 e. The second-order valence-electron chi connectivity index (χ2n) is 6.62. The first-order valence-electron chi connectivity index (χ1n) is 8.73. The van der Waals surface area contributed by atoms with Gasteiger partial charge in [-0.3, -0.25) is 0 Å². The number of ether oxygens (including phenoxy) is 1. The molecule has 3 heterocycles. The number of aryl methyl sites for hydroxylation is 1. The molecule has 0 unspecified atom stereocenters. The number of thioether (sulfide) groups is 1. The fraction of sp³-hybridized carbons (Fsp3) is 0.300. The zero-order valence-electron chi connectivity index (χ0n) is 15.5. The zero-order valence-corrected chi connectivity index (χ0v) is 17.1. The summed E-state index contributed by atoms with van der Waals surface area (Å²) in [6.45, 7) is 3.92. The third-order valence-electron chi connectivity index (χ3n) is 4.80. The third-order valence-corrected chi connectivity index (χ3v) is 5.82. The zero-order chi connectivity index (χ0) is 19.0. The van der Waals surface area contributed by atoms with Crippen molar-refractivity contribution in [1.82, 2.24) is 14.5 Å². The lowest BCUT2D eigenvalue weighted by Crippen LogP contribution is -2.49. The van der Waals surface area contributed by atoms with Gasteiger partial charge in [0.05, 0.1) is 30.1 Å². The Morgan fingerprint density at radius 2 is 2.11 bits per heavy atom. The first kappa shape index (κ1) is 18.2. The number of hydrogen-bond acceptors (Lipinski definition) is 4. The van der Waals surface area contributed by atoms with Crippen molar-refractivity contribution < 1.29 is 4.74 Å². The van der Waals surface area contributed by atoms with Gasteiger partial charge >= 0.3 is 0 Å². The van der Waals surface area contributed by atoms with E-state index in [2.05, 4.69) is 45.8 Å². The van der Waals surface area contributed by atoms with E-state index < -0.39 is 0 Å². The third kappa shape index (κ3) is 3.51. The SMILES string of the molecule is COc1ccc(N=C(SC)N2CC(n3cc(Cl)c4cc(C)ccc43)C2)cn1. The highest BCUT2D eigenvalue weighted by atomic mass is 35.5. The van der Waals surface area contributed by atoms with Gasteiger partial charge in [-0.15, -0.1) is 0 Å². The molecule has 0 bridgehead atoms. The van der Waals surface area contributed by atoms with Gasteiger partial charge in [0.1, 0.15) is 0 Å². The summed E-state index contributed by atoms with van der Waals surface area (Å²) in [7, 11) is 1.61. The van der Waals surface area contributed by atoms with E-state index in [9.17, 15) is 0 Å². The number of halogens is 1. The Bertz CT molecular complexity index is 993. The largest absolute Gasteiger partial charge is 0.481 e. The van der Waals surface area contributed by atoms with Crippen molar-refractivity contribution in [3.63, 3.8) is 0 Å². The van der Waals surface area contributed by atoms with Crippen LogP contribution in [0.4, 0.5) is 5.69 Å². The van der Waals surface area contributed by atoms with E-state index in [0.29, 0.717) is 11.9 Å². The van der Waals surface area contributed by atoms with Crippen molar-refractivity contribution in [2.24, 2.45) is 4.99 Å². The number of aliphatic imine (C=N–C) groups is 1. The lowest BCUT2D eigenvalue weighted by atomic mass is 10.1. The average Bonchev–Trinajstić information content (AvgIpc) is 2.96. The van der Waals surface area contributed by atoms with Crippen LogP contribution in [-0.2, 0) is 0 Å². The first-order chi connectivity index (χ1) is 13.1. The van der Waals surface area contributed by atoms with Crippen LogP contribution >= 0.6 is 23.4 Å². The molecular formula is C20H21ClN4OS. The van der Waals surface area contributed by atoms with Crippen LogP contribution in [-0.4, -0.2) is 46.1 Å². The topological polar surface area (TPSA) is 42.6 Å². The number of rotatable bonds is 3. The van der Waals surface area contributed by atoms with Crippen molar-refractivity contribution in [2.45, 2.75) is 13.0 Å². The summed E-state index contributed by atoms with van der Waals surface area (Å²) in [4.78, 5) is 11.2. The van der Waals surface area contributed by atoms with Crippen LogP contribution in [0.25, 0.3) is 10.9 Å². The summed E-state index contributed by atoms with van der Waals surface area (Å²) in [5.74, 6) is 0.593. The van der Waals surface area contributed by atoms with Crippen molar-refractivity contribution >= 4 is 45.1 Å². The number of pyridine rings is 1. The Morgan fingerprint density at radius 3 is 2.78 bits per heavy atom. The van der Waals surface area contributed by atoms with Crippen molar-refractivity contribution in [2.75, 3.05) is 26.5 Å². The molecule has 0 spiro atoms. The maximum atomic E-state index is 6.45. The molecule has 3 aromatic rings. The highest BCUT2D eigenvalue weighted by molar-refractivity contribution is 8.13. The van der Waals surface area contributed by atoms with Gasteiger partial charge in [0, 0.05) is 36.3 Å². The van der Waals surface area contributed by atoms with E-state index >= 15 is 0 Å². The molecule has 4 rings (SSSR count). The summed E-state index contributed by atoms with van der Waals surface area (Å²) < 4.78 is 7.39. The van der Waals surface area contributed by atoms with E-state index in [4.69, 9.17) is 21.3 Å². The summed E-state index contributed by atoms with van der Waals surface area (Å²) in [6.07, 6.45) is 5.83. The first-order valence-corrected chi connectivity index (χ1v) is 10.3. The van der Waals surface area contributed by atoms with Crippen LogP contribution in [0, 0.1) is 6.92 Å². The van der Waals surface area contributed by atoms with Gasteiger partial charge < -0.3 is 14.2 Å². The molecule has 140 valence electrons. The standard InChI is InChI=1S/C20H21ClN4OS/c1-13-4-6-18-16(8-13)17(21)12-25(18)15-10-24(11-15)20(27-3)23-14-5-7-19(26-2)22-9-14/h4-9,12,15H,10-11H2,1-3H3. The molecule has 1 fully saturated rings. The lowest BCUT2D eigenvalue weighted by Gasteiger charge is -2.41. The molecule has 0 N–H and O–H groups in total. The lowest BCUT2D eigenvalue weighted by molar-refractivity contribution is 0.201. The van der Waals surface area contributed by atoms with E-state index in [1.807, 2.05) is 18.4 Å². The molecule has 0 atom stereocenters. The smallest absolute Gasteiger partial charge is 0.213 e. The molecule has 1 aliphatic heterocycles. The van der Waals surface area contributed by atoms with Crippen LogP contribution in [0.3, 0.4) is 0 Å². The monoisotopic (exact) mass is 400 g/mol. The Morgan fingerprint density at radius 1 is 1.30 bits per heavy atom. The Balaban J connectivity index is 1.51. The molecule has 0 aliphatic carbocycles. The summed E-state index contributed by atoms with van der Waals surface area (Å²) in [5.41, 5.74) is 3.24. The second kappa shape index (κ2) is 7.44. The number of aromatic nitrogens is 2. The maximum Gasteiger partial charge on any atom is 0.213 e. The predicted octanol–water partition coefficient (Wildman–Crippen LogP) is 4.91. The molecular weight excluding hydrogens is 380 g/mol. The maximum absolute atomic E-state index is 6.45.